The molecular formula is C22H19N5O8. The lowest BCUT2D eigenvalue weighted by Gasteiger charge is -2.18. The number of carbonyl (C=O) groups excluding carboxylic acids is 1. The van der Waals surface area contributed by atoms with Crippen LogP contribution in [0.25, 0.3) is 0 Å². The van der Waals surface area contributed by atoms with E-state index in [0.29, 0.717) is 17.2 Å². The van der Waals surface area contributed by atoms with Crippen LogP contribution in [-0.4, -0.2) is 75.4 Å². The van der Waals surface area contributed by atoms with Crippen molar-refractivity contribution in [2.45, 2.75) is 24.3 Å². The van der Waals surface area contributed by atoms with Gasteiger partial charge in [-0.25, -0.2) is 4.79 Å². The van der Waals surface area contributed by atoms with Crippen molar-refractivity contribution < 1.29 is 38.4 Å². The van der Waals surface area contributed by atoms with E-state index in [2.05, 4.69) is 20.8 Å². The maximum Gasteiger partial charge on any atom is 0.341 e. The molecule has 3 aliphatic rings. The van der Waals surface area contributed by atoms with Gasteiger partial charge in [-0.15, -0.1) is 0 Å². The molecule has 3 aromatic rings. The van der Waals surface area contributed by atoms with E-state index in [4.69, 9.17) is 23.7 Å². The number of amides is 1. The fourth-order valence-corrected chi connectivity index (χ4v) is 4.43. The highest BCUT2D eigenvalue weighted by molar-refractivity contribution is 6.04. The van der Waals surface area contributed by atoms with E-state index in [-0.39, 0.29) is 37.1 Å². The number of rotatable bonds is 6. The molecule has 0 aliphatic carbocycles. The third-order valence-corrected chi connectivity index (χ3v) is 6.08. The number of carbonyl (C=O) groups is 2. The average Bonchev–Trinajstić information content (AvgIpc) is 3.65. The molecule has 6 rings (SSSR count). The second kappa shape index (κ2) is 8.52. The minimum absolute atomic E-state index is 0.0675. The van der Waals surface area contributed by atoms with E-state index in [0.717, 1.165) is 0 Å². The van der Waals surface area contributed by atoms with Crippen LogP contribution in [0.15, 0.2) is 42.5 Å². The Morgan fingerprint density at radius 1 is 1.03 bits per heavy atom. The van der Waals surface area contributed by atoms with Crippen LogP contribution in [-0.2, 0) is 9.47 Å². The summed E-state index contributed by atoms with van der Waals surface area (Å²) in [5.41, 5.74) is -0.0115. The van der Waals surface area contributed by atoms with Crippen molar-refractivity contribution >= 4 is 11.9 Å². The summed E-state index contributed by atoms with van der Waals surface area (Å²) >= 11 is 0. The molecule has 0 spiro atoms. The Kier molecular flexibility index (Phi) is 5.19. The molecule has 1 amide bonds. The van der Waals surface area contributed by atoms with Crippen molar-refractivity contribution in [2.24, 2.45) is 0 Å². The first-order valence-electron chi connectivity index (χ1n) is 10.8. The summed E-state index contributed by atoms with van der Waals surface area (Å²) in [6.45, 7) is 0.569. The number of aromatic nitrogens is 4. The molecule has 13 heteroatoms. The van der Waals surface area contributed by atoms with Gasteiger partial charge in [-0.3, -0.25) is 4.79 Å². The van der Waals surface area contributed by atoms with Crippen molar-refractivity contribution in [1.29, 1.82) is 0 Å². The van der Waals surface area contributed by atoms with Gasteiger partial charge in [0.25, 0.3) is 5.91 Å². The molecule has 2 saturated heterocycles. The van der Waals surface area contributed by atoms with Gasteiger partial charge in [0, 0.05) is 6.07 Å². The number of nitrogens with one attached hydrogen (secondary N) is 1. The molecule has 0 radical (unpaired) electrons. The molecule has 13 nitrogen and oxygen atoms in total. The molecule has 0 saturated carbocycles. The molecule has 4 atom stereocenters. The Balaban J connectivity index is 1.16. The molecular weight excluding hydrogens is 462 g/mol. The van der Waals surface area contributed by atoms with Crippen LogP contribution in [0.3, 0.4) is 0 Å². The van der Waals surface area contributed by atoms with E-state index >= 15 is 0 Å². The summed E-state index contributed by atoms with van der Waals surface area (Å²) in [6, 6.07) is 10.4. The number of aromatic carboxylic acids is 1. The number of fused-ring (bicyclic) bond motifs is 2. The van der Waals surface area contributed by atoms with Gasteiger partial charge in [-0.2, -0.15) is 4.68 Å². The minimum atomic E-state index is -1.18. The Labute approximate surface area is 197 Å². The molecule has 2 aromatic carbocycles. The predicted octanol–water partition coefficient (Wildman–Crippen LogP) is 1.03. The van der Waals surface area contributed by atoms with Gasteiger partial charge in [0.1, 0.15) is 24.0 Å². The molecule has 2 N–H and O–H groups in total. The number of tetrazole rings is 1. The summed E-state index contributed by atoms with van der Waals surface area (Å²) in [6.07, 6.45) is -0.916. The first-order valence-corrected chi connectivity index (χ1v) is 10.8. The van der Waals surface area contributed by atoms with Gasteiger partial charge in [0.2, 0.25) is 6.79 Å². The normalized spacial score (nSPS) is 24.2. The highest BCUT2D eigenvalue weighted by Gasteiger charge is 2.50. The lowest BCUT2D eigenvalue weighted by atomic mass is 10.0. The number of nitrogens with zero attached hydrogens (tertiary/aromatic N) is 4. The van der Waals surface area contributed by atoms with Crippen molar-refractivity contribution in [2.75, 3.05) is 20.0 Å². The first-order chi connectivity index (χ1) is 17.1. The number of benzene rings is 2. The van der Waals surface area contributed by atoms with Gasteiger partial charge in [0.15, 0.2) is 11.5 Å². The Morgan fingerprint density at radius 3 is 2.69 bits per heavy atom. The minimum Gasteiger partial charge on any atom is -0.478 e. The first kappa shape index (κ1) is 21.3. The smallest absolute Gasteiger partial charge is 0.341 e. The topological polar surface area (TPSA) is 156 Å². The van der Waals surface area contributed by atoms with Crippen molar-refractivity contribution in [3.8, 4) is 23.3 Å². The highest BCUT2D eigenvalue weighted by Crippen LogP contribution is 2.38. The van der Waals surface area contributed by atoms with Gasteiger partial charge >= 0.3 is 12.0 Å². The Morgan fingerprint density at radius 2 is 1.83 bits per heavy atom. The van der Waals surface area contributed by atoms with Crippen LogP contribution < -0.4 is 19.5 Å². The van der Waals surface area contributed by atoms with Crippen LogP contribution in [0.2, 0.25) is 0 Å². The van der Waals surface area contributed by atoms with E-state index in [1.807, 2.05) is 0 Å². The van der Waals surface area contributed by atoms with Crippen LogP contribution in [0.5, 0.6) is 23.3 Å². The standard InChI is InChI=1S/C22H19N5O8/c28-20(12-3-1-2-4-13(12)21(29)30)23-14-8-31-19-15(9-32-18(14)19)27-22(24-25-26-27)35-11-5-6-16-17(7-11)34-10-33-16/h1-7,14-15,18-19H,8-10H2,(H,23,28)(H,29,30)/t14-,15+,18-,19+/m1/s1. The van der Waals surface area contributed by atoms with Gasteiger partial charge in [-0.1, -0.05) is 17.2 Å². The van der Waals surface area contributed by atoms with Crippen molar-refractivity contribution in [1.82, 2.24) is 25.5 Å². The second-order valence-electron chi connectivity index (χ2n) is 8.12. The summed E-state index contributed by atoms with van der Waals surface area (Å²) in [4.78, 5) is 24.3. The zero-order valence-corrected chi connectivity index (χ0v) is 18.1. The largest absolute Gasteiger partial charge is 0.478 e. The number of hydrogen-bond donors (Lipinski definition) is 2. The Hall–Kier alpha value is -4.23. The van der Waals surface area contributed by atoms with E-state index in [1.165, 1.54) is 16.8 Å². The van der Waals surface area contributed by atoms with Gasteiger partial charge in [0.05, 0.1) is 30.4 Å². The molecule has 180 valence electrons. The zero-order valence-electron chi connectivity index (χ0n) is 18.1. The van der Waals surface area contributed by atoms with Crippen molar-refractivity contribution in [3.05, 3.63) is 53.6 Å². The molecule has 0 unspecified atom stereocenters. The maximum atomic E-state index is 12.8. The number of hydrogen-bond acceptors (Lipinski definition) is 10. The lowest BCUT2D eigenvalue weighted by Crippen LogP contribution is -2.44. The Bertz CT molecular complexity index is 1300. The maximum absolute atomic E-state index is 12.8. The molecule has 2 fully saturated rings. The van der Waals surface area contributed by atoms with Crippen LogP contribution in [0.4, 0.5) is 0 Å². The summed E-state index contributed by atoms with van der Waals surface area (Å²) in [5.74, 6) is -0.0357. The van der Waals surface area contributed by atoms with E-state index in [1.54, 1.807) is 30.3 Å². The van der Waals surface area contributed by atoms with E-state index in [9.17, 15) is 14.7 Å². The van der Waals surface area contributed by atoms with E-state index < -0.39 is 36.2 Å². The highest BCUT2D eigenvalue weighted by atomic mass is 16.7. The van der Waals surface area contributed by atoms with Gasteiger partial charge in [-0.05, 0) is 34.7 Å². The summed E-state index contributed by atoms with van der Waals surface area (Å²) in [5, 5.41) is 24.0. The van der Waals surface area contributed by atoms with Crippen LogP contribution in [0, 0.1) is 0 Å². The molecule has 1 aromatic heterocycles. The summed E-state index contributed by atoms with van der Waals surface area (Å²) < 4.78 is 29.9. The van der Waals surface area contributed by atoms with Crippen LogP contribution in [0.1, 0.15) is 26.8 Å². The second-order valence-corrected chi connectivity index (χ2v) is 8.12. The molecule has 0 bridgehead atoms. The van der Waals surface area contributed by atoms with Crippen LogP contribution >= 0.6 is 0 Å². The molecule has 35 heavy (non-hydrogen) atoms. The lowest BCUT2D eigenvalue weighted by molar-refractivity contribution is 0.0605. The van der Waals surface area contributed by atoms with Crippen molar-refractivity contribution in [3.63, 3.8) is 0 Å². The quantitative estimate of drug-likeness (QED) is 0.518. The van der Waals surface area contributed by atoms with Gasteiger partial charge < -0.3 is 34.1 Å². The number of carboxylic acids is 1. The number of ether oxygens (including phenoxy) is 5. The SMILES string of the molecule is O=C(O)c1ccccc1C(=O)N[C@@H]1CO[C@@H]2[C@@H]1OC[C@@H]2n1nnnc1Oc1ccc2c(c1)OCO2. The average molecular weight is 481 g/mol. The fraction of sp³-hybridized carbons (Fsp3) is 0.318. The predicted molar refractivity (Wildman–Crippen MR) is 114 cm³/mol. The molecule has 3 aliphatic heterocycles. The fourth-order valence-electron chi connectivity index (χ4n) is 4.43. The monoisotopic (exact) mass is 481 g/mol. The third-order valence-electron chi connectivity index (χ3n) is 6.08. The zero-order chi connectivity index (χ0) is 23.9. The number of carboxylic acid groups (broad SMARTS) is 1. The molecule has 4 heterocycles. The summed E-state index contributed by atoms with van der Waals surface area (Å²) in [7, 11) is 0. The third kappa shape index (κ3) is 3.80.